The Kier molecular flexibility index (Phi) is 5.51. The maximum atomic E-state index is 13.0. The molecular formula is C20H19BrN4O3S. The number of para-hydroxylation sites is 1. The van der Waals surface area contributed by atoms with Gasteiger partial charge in [-0.05, 0) is 24.0 Å². The Hall–Kier alpha value is -2.52. The second-order valence-electron chi connectivity index (χ2n) is 6.23. The number of hydrogen-bond donors (Lipinski definition) is 1. The van der Waals surface area contributed by atoms with Crippen LogP contribution in [0.4, 0.5) is 0 Å². The number of fused-ring (bicyclic) bond motifs is 2. The highest BCUT2D eigenvalue weighted by Gasteiger charge is 2.35. The lowest BCUT2D eigenvalue weighted by Crippen LogP contribution is -2.50. The fourth-order valence-corrected chi connectivity index (χ4v) is 4.41. The molecule has 2 aliphatic heterocycles. The molecule has 1 N–H and O–H groups in total. The third-order valence-electron chi connectivity index (χ3n) is 4.58. The molecular weight excluding hydrogens is 456 g/mol. The zero-order chi connectivity index (χ0) is 20.5. The fourth-order valence-electron chi connectivity index (χ4n) is 3.30. The minimum atomic E-state index is -0.535. The SMILES string of the molecule is CCSC1=NN2C(=c3ccccc3=N[C@@H]2c2cc(OC)c(OC)cc2Br)C(=O)N1. The van der Waals surface area contributed by atoms with Crippen molar-refractivity contribution in [2.24, 2.45) is 10.1 Å². The Labute approximate surface area is 180 Å². The van der Waals surface area contributed by atoms with Crippen molar-refractivity contribution in [1.29, 1.82) is 0 Å². The largest absolute Gasteiger partial charge is 0.493 e. The van der Waals surface area contributed by atoms with E-state index in [9.17, 15) is 4.79 Å². The Bertz CT molecular complexity index is 1140. The summed E-state index contributed by atoms with van der Waals surface area (Å²) in [6, 6.07) is 11.3. The van der Waals surface area contributed by atoms with E-state index in [0.717, 1.165) is 26.4 Å². The quantitative estimate of drug-likeness (QED) is 0.735. The number of hydrazone groups is 1. The van der Waals surface area contributed by atoms with E-state index in [4.69, 9.17) is 19.6 Å². The molecule has 2 aromatic carbocycles. The maximum absolute atomic E-state index is 13.0. The number of amidine groups is 1. The van der Waals surface area contributed by atoms with E-state index < -0.39 is 6.17 Å². The Morgan fingerprint density at radius 2 is 1.93 bits per heavy atom. The zero-order valence-electron chi connectivity index (χ0n) is 16.1. The molecule has 0 fully saturated rings. The molecule has 0 radical (unpaired) electrons. The minimum Gasteiger partial charge on any atom is -0.493 e. The number of methoxy groups -OCH3 is 2. The third kappa shape index (κ3) is 3.49. The van der Waals surface area contributed by atoms with Crippen LogP contribution in [-0.2, 0) is 4.79 Å². The topological polar surface area (TPSA) is 75.5 Å². The molecule has 29 heavy (non-hydrogen) atoms. The van der Waals surface area contributed by atoms with E-state index in [1.54, 1.807) is 19.2 Å². The first-order valence-corrected chi connectivity index (χ1v) is 10.8. The average Bonchev–Trinajstić information content (AvgIpc) is 2.73. The highest BCUT2D eigenvalue weighted by atomic mass is 79.9. The second kappa shape index (κ2) is 8.08. The standard InChI is InChI=1S/C20H19BrN4O3S/c1-4-29-20-23-19(26)17-11-7-5-6-8-14(11)22-18(25(17)24-20)12-9-15(27-2)16(28-3)10-13(12)21/h5-10,18H,4H2,1-3H3,(H,23,24,26)/t18-/m0/s1. The number of rotatable bonds is 4. The summed E-state index contributed by atoms with van der Waals surface area (Å²) in [6.07, 6.45) is -0.535. The molecule has 1 atom stereocenters. The zero-order valence-corrected chi connectivity index (χ0v) is 18.5. The van der Waals surface area contributed by atoms with Crippen molar-refractivity contribution in [2.75, 3.05) is 20.0 Å². The molecule has 0 bridgehead atoms. The molecule has 0 saturated heterocycles. The highest BCUT2D eigenvalue weighted by molar-refractivity contribution is 9.10. The van der Waals surface area contributed by atoms with Crippen molar-refractivity contribution in [3.63, 3.8) is 0 Å². The molecule has 0 unspecified atom stereocenters. The average molecular weight is 475 g/mol. The number of carbonyl (C=O) groups is 1. The first-order chi connectivity index (χ1) is 14.1. The van der Waals surface area contributed by atoms with E-state index in [2.05, 4.69) is 21.2 Å². The minimum absolute atomic E-state index is 0.195. The number of ether oxygens (including phenoxy) is 2. The van der Waals surface area contributed by atoms with Crippen LogP contribution in [0.2, 0.25) is 0 Å². The molecule has 9 heteroatoms. The van der Waals surface area contributed by atoms with Gasteiger partial charge in [0.15, 0.2) is 22.8 Å². The third-order valence-corrected chi connectivity index (χ3v) is 6.01. The van der Waals surface area contributed by atoms with Gasteiger partial charge in [0.25, 0.3) is 5.91 Å². The van der Waals surface area contributed by atoms with Crippen LogP contribution < -0.4 is 25.4 Å². The van der Waals surface area contributed by atoms with Crippen molar-refractivity contribution < 1.29 is 14.3 Å². The lowest BCUT2D eigenvalue weighted by atomic mass is 10.1. The molecule has 0 spiro atoms. The van der Waals surface area contributed by atoms with Crippen LogP contribution in [0.5, 0.6) is 11.5 Å². The molecule has 150 valence electrons. The number of amides is 1. The molecule has 0 saturated carbocycles. The first-order valence-electron chi connectivity index (χ1n) is 8.98. The summed E-state index contributed by atoms with van der Waals surface area (Å²) in [5.41, 5.74) is 1.29. The Morgan fingerprint density at radius 1 is 1.21 bits per heavy atom. The number of nitrogens with one attached hydrogen (secondary N) is 1. The van der Waals surface area contributed by atoms with Gasteiger partial charge in [-0.25, -0.2) is 5.01 Å². The van der Waals surface area contributed by atoms with Gasteiger partial charge >= 0.3 is 0 Å². The number of carbonyl (C=O) groups excluding carboxylic acids is 1. The molecule has 4 rings (SSSR count). The van der Waals surface area contributed by atoms with Crippen LogP contribution in [-0.4, -0.2) is 36.1 Å². The monoisotopic (exact) mass is 474 g/mol. The summed E-state index contributed by atoms with van der Waals surface area (Å²) in [7, 11) is 3.17. The first kappa shape index (κ1) is 19.8. The van der Waals surface area contributed by atoms with Gasteiger partial charge in [0.1, 0.15) is 5.70 Å². The maximum Gasteiger partial charge on any atom is 0.276 e. The van der Waals surface area contributed by atoms with Gasteiger partial charge in [0.2, 0.25) is 0 Å². The van der Waals surface area contributed by atoms with Crippen LogP contribution in [0, 0.1) is 0 Å². The smallest absolute Gasteiger partial charge is 0.276 e. The van der Waals surface area contributed by atoms with Crippen LogP contribution in [0.25, 0.3) is 5.70 Å². The molecule has 2 aliphatic rings. The van der Waals surface area contributed by atoms with Gasteiger partial charge in [-0.2, -0.15) is 0 Å². The highest BCUT2D eigenvalue weighted by Crippen LogP contribution is 2.40. The molecule has 0 aromatic heterocycles. The van der Waals surface area contributed by atoms with E-state index in [1.807, 2.05) is 43.3 Å². The van der Waals surface area contributed by atoms with Crippen molar-refractivity contribution in [3.8, 4) is 11.5 Å². The predicted molar refractivity (Wildman–Crippen MR) is 116 cm³/mol. The summed E-state index contributed by atoms with van der Waals surface area (Å²) in [5, 5.41) is 11.3. The van der Waals surface area contributed by atoms with Gasteiger partial charge in [-0.15, -0.1) is 5.10 Å². The Balaban J connectivity index is 1.96. The van der Waals surface area contributed by atoms with Crippen LogP contribution in [0.3, 0.4) is 0 Å². The number of benzene rings is 2. The summed E-state index contributed by atoms with van der Waals surface area (Å²) in [6.45, 7) is 2.01. The summed E-state index contributed by atoms with van der Waals surface area (Å²) in [4.78, 5) is 17.9. The number of nitrogens with zero attached hydrogens (tertiary/aromatic N) is 3. The lowest BCUT2D eigenvalue weighted by molar-refractivity contribution is -0.116. The van der Waals surface area contributed by atoms with E-state index in [0.29, 0.717) is 22.4 Å². The van der Waals surface area contributed by atoms with Crippen molar-refractivity contribution in [2.45, 2.75) is 13.1 Å². The van der Waals surface area contributed by atoms with E-state index >= 15 is 0 Å². The summed E-state index contributed by atoms with van der Waals surface area (Å²) >= 11 is 5.09. The normalized spacial score (nSPS) is 17.6. The van der Waals surface area contributed by atoms with Gasteiger partial charge in [0.05, 0.1) is 19.6 Å². The Morgan fingerprint density at radius 3 is 2.66 bits per heavy atom. The van der Waals surface area contributed by atoms with Gasteiger partial charge < -0.3 is 9.47 Å². The van der Waals surface area contributed by atoms with Crippen molar-refractivity contribution in [1.82, 2.24) is 10.3 Å². The number of thioether (sulfide) groups is 1. The van der Waals surface area contributed by atoms with Gasteiger partial charge in [-0.1, -0.05) is 52.8 Å². The van der Waals surface area contributed by atoms with E-state index in [-0.39, 0.29) is 5.91 Å². The van der Waals surface area contributed by atoms with Crippen LogP contribution in [0.1, 0.15) is 18.7 Å². The van der Waals surface area contributed by atoms with Gasteiger partial charge in [-0.3, -0.25) is 15.1 Å². The second-order valence-corrected chi connectivity index (χ2v) is 8.34. The molecule has 0 aliphatic carbocycles. The molecule has 2 aromatic rings. The molecule has 1 amide bonds. The van der Waals surface area contributed by atoms with E-state index in [1.165, 1.54) is 11.8 Å². The molecule has 7 nitrogen and oxygen atoms in total. The number of hydrogen-bond acceptors (Lipinski definition) is 7. The fraction of sp³-hybridized carbons (Fsp3) is 0.250. The van der Waals surface area contributed by atoms with Gasteiger partial charge in [0, 0.05) is 15.3 Å². The lowest BCUT2D eigenvalue weighted by Gasteiger charge is -2.34. The van der Waals surface area contributed by atoms with Crippen LogP contribution >= 0.6 is 27.7 Å². The van der Waals surface area contributed by atoms with Crippen LogP contribution in [0.15, 0.2) is 51.0 Å². The summed E-state index contributed by atoms with van der Waals surface area (Å²) < 4.78 is 11.7. The van der Waals surface area contributed by atoms with Crippen molar-refractivity contribution in [3.05, 3.63) is 57.0 Å². The predicted octanol–water partition coefficient (Wildman–Crippen LogP) is 2.36. The summed E-state index contributed by atoms with van der Waals surface area (Å²) in [5.74, 6) is 1.78. The van der Waals surface area contributed by atoms with Crippen molar-refractivity contribution >= 4 is 44.5 Å². The molecule has 2 heterocycles. The number of halogens is 1.